The molecule has 1 aromatic carbocycles. The third-order valence-electron chi connectivity index (χ3n) is 4.34. The van der Waals surface area contributed by atoms with Gasteiger partial charge >= 0.3 is 0 Å². The Morgan fingerprint density at radius 2 is 1.91 bits per heavy atom. The fraction of sp³-hybridized carbons (Fsp3) is 0.222. The van der Waals surface area contributed by atoms with Crippen molar-refractivity contribution in [3.8, 4) is 11.3 Å². The summed E-state index contributed by atoms with van der Waals surface area (Å²) >= 11 is 0. The van der Waals surface area contributed by atoms with E-state index in [1.165, 1.54) is 12.1 Å². The molecule has 5 heteroatoms. The van der Waals surface area contributed by atoms with Crippen molar-refractivity contribution < 1.29 is 9.18 Å². The molecule has 0 radical (unpaired) electrons. The number of pyridine rings is 1. The standard InChI is InChI=1S/C18H16FN3O/c1-12-2-9-18(23)22(12)15-7-8-17-20-16(11-21(17)10-15)13-3-5-14(19)6-4-13/h3-8,10-12H,2,9H2,1H3. The van der Waals surface area contributed by atoms with Crippen molar-refractivity contribution in [1.82, 2.24) is 9.38 Å². The van der Waals surface area contributed by atoms with E-state index >= 15 is 0 Å². The van der Waals surface area contributed by atoms with E-state index in [4.69, 9.17) is 0 Å². The molecule has 1 saturated heterocycles. The molecule has 0 aliphatic carbocycles. The number of carbonyl (C=O) groups excluding carboxylic acids is 1. The van der Waals surface area contributed by atoms with Crippen LogP contribution in [-0.2, 0) is 4.79 Å². The predicted octanol–water partition coefficient (Wildman–Crippen LogP) is 3.66. The zero-order valence-corrected chi connectivity index (χ0v) is 12.7. The molecule has 1 amide bonds. The van der Waals surface area contributed by atoms with Gasteiger partial charge in [0, 0.05) is 30.4 Å². The number of halogens is 1. The summed E-state index contributed by atoms with van der Waals surface area (Å²) in [7, 11) is 0. The van der Waals surface area contributed by atoms with E-state index in [9.17, 15) is 9.18 Å². The van der Waals surface area contributed by atoms with Gasteiger partial charge in [-0.2, -0.15) is 0 Å². The third-order valence-corrected chi connectivity index (χ3v) is 4.34. The molecule has 1 aliphatic heterocycles. The average molecular weight is 309 g/mol. The second kappa shape index (κ2) is 5.19. The SMILES string of the molecule is CC1CCC(=O)N1c1ccc2nc(-c3ccc(F)cc3)cn2c1. The van der Waals surface area contributed by atoms with Gasteiger partial charge in [0.05, 0.1) is 11.4 Å². The Morgan fingerprint density at radius 1 is 1.13 bits per heavy atom. The number of fused-ring (bicyclic) bond motifs is 1. The van der Waals surface area contributed by atoms with Crippen molar-refractivity contribution in [1.29, 1.82) is 0 Å². The zero-order chi connectivity index (χ0) is 16.0. The molecule has 2 aromatic heterocycles. The van der Waals surface area contributed by atoms with Crippen LogP contribution < -0.4 is 4.90 Å². The number of nitrogens with zero attached hydrogens (tertiary/aromatic N) is 3. The zero-order valence-electron chi connectivity index (χ0n) is 12.7. The lowest BCUT2D eigenvalue weighted by Crippen LogP contribution is -2.30. The average Bonchev–Trinajstić information content (AvgIpc) is 3.10. The van der Waals surface area contributed by atoms with Crippen LogP contribution in [0.5, 0.6) is 0 Å². The molecule has 0 N–H and O–H groups in total. The number of aromatic nitrogens is 2. The van der Waals surface area contributed by atoms with E-state index < -0.39 is 0 Å². The number of amides is 1. The molecule has 3 heterocycles. The third kappa shape index (κ3) is 2.38. The lowest BCUT2D eigenvalue weighted by atomic mass is 10.2. The van der Waals surface area contributed by atoms with Crippen molar-refractivity contribution in [2.45, 2.75) is 25.8 Å². The molecule has 3 aromatic rings. The first kappa shape index (κ1) is 13.9. The lowest BCUT2D eigenvalue weighted by molar-refractivity contribution is -0.117. The van der Waals surface area contributed by atoms with Gasteiger partial charge in [-0.05, 0) is 49.7 Å². The van der Waals surface area contributed by atoms with Crippen LogP contribution in [0.2, 0.25) is 0 Å². The van der Waals surface area contributed by atoms with Gasteiger partial charge in [0.1, 0.15) is 11.5 Å². The number of carbonyl (C=O) groups is 1. The van der Waals surface area contributed by atoms with Gasteiger partial charge < -0.3 is 9.30 Å². The first-order valence-corrected chi connectivity index (χ1v) is 7.68. The number of rotatable bonds is 2. The second-order valence-corrected chi connectivity index (χ2v) is 5.94. The minimum Gasteiger partial charge on any atom is -0.308 e. The Morgan fingerprint density at radius 3 is 2.61 bits per heavy atom. The lowest BCUT2D eigenvalue weighted by Gasteiger charge is -2.21. The molecule has 1 aliphatic rings. The van der Waals surface area contributed by atoms with E-state index in [0.29, 0.717) is 6.42 Å². The Labute approximate surface area is 133 Å². The van der Waals surface area contributed by atoms with Crippen LogP contribution >= 0.6 is 0 Å². The van der Waals surface area contributed by atoms with Crippen molar-refractivity contribution in [3.05, 3.63) is 54.6 Å². The maximum atomic E-state index is 13.0. The number of benzene rings is 1. The molecule has 1 fully saturated rings. The van der Waals surface area contributed by atoms with Gasteiger partial charge in [-0.1, -0.05) is 0 Å². The highest BCUT2D eigenvalue weighted by Gasteiger charge is 2.28. The van der Waals surface area contributed by atoms with Crippen molar-refractivity contribution in [2.75, 3.05) is 4.90 Å². The molecule has 4 rings (SSSR count). The fourth-order valence-corrected chi connectivity index (χ4v) is 3.11. The highest BCUT2D eigenvalue weighted by Crippen LogP contribution is 2.27. The quantitative estimate of drug-likeness (QED) is 0.724. The van der Waals surface area contributed by atoms with E-state index in [2.05, 4.69) is 11.9 Å². The van der Waals surface area contributed by atoms with Crippen LogP contribution in [-0.4, -0.2) is 21.3 Å². The van der Waals surface area contributed by atoms with Gasteiger partial charge in [-0.3, -0.25) is 4.79 Å². The molecule has 4 nitrogen and oxygen atoms in total. The first-order chi connectivity index (χ1) is 11.1. The number of hydrogen-bond acceptors (Lipinski definition) is 2. The van der Waals surface area contributed by atoms with Gasteiger partial charge in [0.25, 0.3) is 0 Å². The van der Waals surface area contributed by atoms with Crippen molar-refractivity contribution in [2.24, 2.45) is 0 Å². The minimum atomic E-state index is -0.263. The second-order valence-electron chi connectivity index (χ2n) is 5.94. The van der Waals surface area contributed by atoms with Crippen LogP contribution in [0.4, 0.5) is 10.1 Å². The summed E-state index contributed by atoms with van der Waals surface area (Å²) in [5.74, 6) is -0.0999. The van der Waals surface area contributed by atoms with Crippen LogP contribution in [0, 0.1) is 5.82 Å². The summed E-state index contributed by atoms with van der Waals surface area (Å²) in [5.41, 5.74) is 3.33. The maximum Gasteiger partial charge on any atom is 0.227 e. The van der Waals surface area contributed by atoms with E-state index in [1.54, 1.807) is 12.1 Å². The van der Waals surface area contributed by atoms with Crippen molar-refractivity contribution >= 4 is 17.2 Å². The molecular formula is C18H16FN3O. The molecular weight excluding hydrogens is 293 g/mol. The Balaban J connectivity index is 1.75. The highest BCUT2D eigenvalue weighted by molar-refractivity contribution is 5.96. The van der Waals surface area contributed by atoms with Crippen LogP contribution in [0.3, 0.4) is 0 Å². The van der Waals surface area contributed by atoms with E-state index in [0.717, 1.165) is 29.0 Å². The smallest absolute Gasteiger partial charge is 0.227 e. The fourth-order valence-electron chi connectivity index (χ4n) is 3.11. The summed E-state index contributed by atoms with van der Waals surface area (Å²) in [4.78, 5) is 18.4. The van der Waals surface area contributed by atoms with E-state index in [1.807, 2.05) is 33.8 Å². The molecule has 1 unspecified atom stereocenters. The van der Waals surface area contributed by atoms with Crippen molar-refractivity contribution in [3.63, 3.8) is 0 Å². The Hall–Kier alpha value is -2.69. The first-order valence-electron chi connectivity index (χ1n) is 7.68. The Bertz CT molecular complexity index is 885. The molecule has 0 saturated carbocycles. The molecule has 116 valence electrons. The van der Waals surface area contributed by atoms with Gasteiger partial charge in [-0.25, -0.2) is 9.37 Å². The van der Waals surface area contributed by atoms with Gasteiger partial charge in [-0.15, -0.1) is 0 Å². The number of hydrogen-bond donors (Lipinski definition) is 0. The minimum absolute atomic E-state index is 0.163. The van der Waals surface area contributed by atoms with Gasteiger partial charge in [0.2, 0.25) is 5.91 Å². The highest BCUT2D eigenvalue weighted by atomic mass is 19.1. The number of imidazole rings is 1. The largest absolute Gasteiger partial charge is 0.308 e. The molecule has 1 atom stereocenters. The normalized spacial score (nSPS) is 18.1. The molecule has 23 heavy (non-hydrogen) atoms. The molecule has 0 bridgehead atoms. The Kier molecular flexibility index (Phi) is 3.15. The van der Waals surface area contributed by atoms with Crippen LogP contribution in [0.1, 0.15) is 19.8 Å². The summed E-state index contributed by atoms with van der Waals surface area (Å²) in [5, 5.41) is 0. The van der Waals surface area contributed by atoms with E-state index in [-0.39, 0.29) is 17.8 Å². The number of anilines is 1. The summed E-state index contributed by atoms with van der Waals surface area (Å²) in [6.45, 7) is 2.06. The van der Waals surface area contributed by atoms with Crippen LogP contribution in [0.15, 0.2) is 48.8 Å². The summed E-state index contributed by atoms with van der Waals surface area (Å²) < 4.78 is 15.0. The predicted molar refractivity (Wildman–Crippen MR) is 86.8 cm³/mol. The van der Waals surface area contributed by atoms with Crippen LogP contribution in [0.25, 0.3) is 16.9 Å². The summed E-state index contributed by atoms with van der Waals surface area (Å²) in [6.07, 6.45) is 5.32. The maximum absolute atomic E-state index is 13.0. The molecule has 0 spiro atoms. The van der Waals surface area contributed by atoms with Gasteiger partial charge in [0.15, 0.2) is 0 Å². The summed E-state index contributed by atoms with van der Waals surface area (Å²) in [6, 6.07) is 10.3. The topological polar surface area (TPSA) is 37.6 Å². The monoisotopic (exact) mass is 309 g/mol.